The minimum absolute atomic E-state index is 0.0848. The number of benzene rings is 2. The van der Waals surface area contributed by atoms with Crippen LogP contribution in [0.3, 0.4) is 0 Å². The van der Waals surface area contributed by atoms with E-state index in [1.165, 1.54) is 12.1 Å². The van der Waals surface area contributed by atoms with E-state index < -0.39 is 15.2 Å². The first kappa shape index (κ1) is 36.6. The summed E-state index contributed by atoms with van der Waals surface area (Å²) in [5.41, 5.74) is 1.96. The van der Waals surface area contributed by atoms with Gasteiger partial charge in [-0.1, -0.05) is 36.4 Å². The summed E-state index contributed by atoms with van der Waals surface area (Å²) in [6.45, 7) is 6.70. The Morgan fingerprint density at radius 2 is 0.875 bits per heavy atom. The monoisotopic (exact) mass is 704 g/mol. The minimum atomic E-state index is -4.48. The van der Waals surface area contributed by atoms with Crippen LogP contribution in [0, 0.1) is 0 Å². The van der Waals surface area contributed by atoms with Crippen LogP contribution in [0.1, 0.15) is 11.4 Å². The first-order valence-electron chi connectivity index (χ1n) is 15.7. The average Bonchev–Trinajstić information content (AvgIpc) is 3.04. The number of nitrogens with zero attached hydrogens (tertiary/aromatic N) is 4. The van der Waals surface area contributed by atoms with Crippen LogP contribution in [-0.2, 0) is 41.2 Å². The van der Waals surface area contributed by atoms with Gasteiger partial charge >= 0.3 is 15.2 Å². The molecule has 2 aromatic heterocycles. The van der Waals surface area contributed by atoms with E-state index in [9.17, 15) is 28.7 Å². The Morgan fingerprint density at radius 3 is 1.21 bits per heavy atom. The molecule has 1 fully saturated rings. The number of rotatable bonds is 6. The zero-order valence-electron chi connectivity index (χ0n) is 26.6. The SMILES string of the molecule is O=P(O)(O)c1cccc2ccc(CN3CCOCCOCCN(Cc4ccc5cccc(P(=O)(O)O)c5n4)CCOCCOCC3)nc12. The van der Waals surface area contributed by atoms with E-state index in [1.807, 2.05) is 24.3 Å². The fraction of sp³-hybridized carbons (Fsp3) is 0.438. The third-order valence-electron chi connectivity index (χ3n) is 7.86. The standard InChI is InChI=1S/C32H42N4O10P2/c37-47(38,39)29-5-1-3-25-7-9-27(33-31(25)29)23-35-11-15-43-19-21-45-17-13-36(14-18-46-22-20-44-16-12-35)24-28-10-8-26-4-2-6-30(32(26)34-28)48(40,41)42/h1-10H,11-24H2,(H2,37,38,39)(H2,40,41,42). The summed E-state index contributed by atoms with van der Waals surface area (Å²) in [5, 5.41) is 1.16. The lowest BCUT2D eigenvalue weighted by Crippen LogP contribution is -2.33. The van der Waals surface area contributed by atoms with Gasteiger partial charge in [-0.2, -0.15) is 0 Å². The Morgan fingerprint density at radius 1 is 0.521 bits per heavy atom. The van der Waals surface area contributed by atoms with Gasteiger partial charge in [0, 0.05) is 50.0 Å². The highest BCUT2D eigenvalue weighted by molar-refractivity contribution is 7.61. The molecule has 0 saturated carbocycles. The third-order valence-corrected chi connectivity index (χ3v) is 9.84. The van der Waals surface area contributed by atoms with Crippen molar-refractivity contribution >= 4 is 47.6 Å². The molecule has 0 atom stereocenters. The molecule has 1 aliphatic heterocycles. The maximum absolute atomic E-state index is 12.0. The van der Waals surface area contributed by atoms with Gasteiger partial charge in [-0.25, -0.2) is 0 Å². The molecular weight excluding hydrogens is 662 g/mol. The number of fused-ring (bicyclic) bond motifs is 2. The topological polar surface area (TPSA) is 184 Å². The molecule has 0 spiro atoms. The molecule has 2 aromatic carbocycles. The number of ether oxygens (including phenoxy) is 4. The molecule has 16 heteroatoms. The lowest BCUT2D eigenvalue weighted by molar-refractivity contribution is 0.00601. The van der Waals surface area contributed by atoms with Crippen molar-refractivity contribution in [2.75, 3.05) is 79.0 Å². The number of pyridine rings is 2. The summed E-state index contributed by atoms with van der Waals surface area (Å²) >= 11 is 0. The predicted octanol–water partition coefficient (Wildman–Crippen LogP) is 1.77. The molecule has 1 aliphatic rings. The van der Waals surface area contributed by atoms with Gasteiger partial charge in [0.25, 0.3) is 0 Å². The molecule has 1 saturated heterocycles. The first-order chi connectivity index (χ1) is 23.1. The van der Waals surface area contributed by atoms with Crippen molar-refractivity contribution < 1.29 is 47.7 Å². The molecule has 0 amide bonds. The number of hydrogen-bond donors (Lipinski definition) is 4. The highest BCUT2D eigenvalue weighted by Gasteiger charge is 2.23. The number of aromatic nitrogens is 2. The van der Waals surface area contributed by atoms with Gasteiger partial charge in [-0.3, -0.25) is 28.9 Å². The van der Waals surface area contributed by atoms with Crippen molar-refractivity contribution in [3.05, 3.63) is 72.1 Å². The van der Waals surface area contributed by atoms with Crippen LogP contribution < -0.4 is 10.6 Å². The fourth-order valence-electron chi connectivity index (χ4n) is 5.41. The second-order valence-corrected chi connectivity index (χ2v) is 14.5. The Kier molecular flexibility index (Phi) is 13.2. The van der Waals surface area contributed by atoms with Gasteiger partial charge in [0.05, 0.1) is 85.9 Å². The van der Waals surface area contributed by atoms with E-state index in [0.717, 1.165) is 0 Å². The van der Waals surface area contributed by atoms with Gasteiger partial charge in [-0.05, 0) is 24.3 Å². The van der Waals surface area contributed by atoms with Gasteiger partial charge in [0.2, 0.25) is 0 Å². The van der Waals surface area contributed by atoms with Crippen molar-refractivity contribution in [3.8, 4) is 0 Å². The minimum Gasteiger partial charge on any atom is -0.378 e. The van der Waals surface area contributed by atoms with E-state index in [-0.39, 0.29) is 10.6 Å². The number of hydrogen-bond acceptors (Lipinski definition) is 10. The summed E-state index contributed by atoms with van der Waals surface area (Å²) in [6.07, 6.45) is 0. The van der Waals surface area contributed by atoms with Crippen LogP contribution in [0.5, 0.6) is 0 Å². The van der Waals surface area contributed by atoms with Crippen LogP contribution in [0.4, 0.5) is 0 Å². The third kappa shape index (κ3) is 10.7. The largest absolute Gasteiger partial charge is 0.378 e. The molecular formula is C32H42N4O10P2. The van der Waals surface area contributed by atoms with Gasteiger partial charge in [0.15, 0.2) is 0 Å². The molecule has 0 unspecified atom stereocenters. The van der Waals surface area contributed by atoms with Crippen LogP contribution in [0.2, 0.25) is 0 Å². The van der Waals surface area contributed by atoms with Gasteiger partial charge in [-0.15, -0.1) is 0 Å². The highest BCUT2D eigenvalue weighted by Crippen LogP contribution is 2.36. The zero-order valence-corrected chi connectivity index (χ0v) is 28.4. The van der Waals surface area contributed by atoms with Gasteiger partial charge in [0.1, 0.15) is 0 Å². The maximum atomic E-state index is 12.0. The summed E-state index contributed by atoms with van der Waals surface area (Å²) in [5.74, 6) is 0. The van der Waals surface area contributed by atoms with E-state index >= 15 is 0 Å². The molecule has 4 N–H and O–H groups in total. The Balaban J connectivity index is 1.16. The molecule has 3 heterocycles. The first-order valence-corrected chi connectivity index (χ1v) is 19.0. The summed E-state index contributed by atoms with van der Waals surface area (Å²) in [7, 11) is -8.96. The maximum Gasteiger partial charge on any atom is 0.358 e. The summed E-state index contributed by atoms with van der Waals surface area (Å²) < 4.78 is 47.4. The van der Waals surface area contributed by atoms with E-state index in [1.54, 1.807) is 24.3 Å². The number of para-hydroxylation sites is 2. The highest BCUT2D eigenvalue weighted by atomic mass is 31.2. The van der Waals surface area contributed by atoms with Crippen molar-refractivity contribution in [3.63, 3.8) is 0 Å². The lowest BCUT2D eigenvalue weighted by atomic mass is 10.2. The van der Waals surface area contributed by atoms with E-state index in [2.05, 4.69) is 19.8 Å². The molecule has 0 radical (unpaired) electrons. The quantitative estimate of drug-likeness (QED) is 0.213. The Bertz CT molecular complexity index is 1600. The zero-order chi connectivity index (χ0) is 34.0. The van der Waals surface area contributed by atoms with Gasteiger partial charge < -0.3 is 38.5 Å². The molecule has 0 bridgehead atoms. The molecule has 14 nitrogen and oxygen atoms in total. The normalized spacial score (nSPS) is 18.1. The van der Waals surface area contributed by atoms with Crippen molar-refractivity contribution in [1.82, 2.24) is 19.8 Å². The van der Waals surface area contributed by atoms with E-state index in [0.29, 0.717) is 125 Å². The Hall–Kier alpha value is -2.68. The fourth-order valence-corrected chi connectivity index (χ4v) is 6.88. The van der Waals surface area contributed by atoms with Crippen molar-refractivity contribution in [2.24, 2.45) is 0 Å². The van der Waals surface area contributed by atoms with Crippen LogP contribution in [0.15, 0.2) is 60.7 Å². The molecule has 4 aromatic rings. The summed E-state index contributed by atoms with van der Waals surface area (Å²) in [4.78, 5) is 52.7. The molecule has 0 aliphatic carbocycles. The lowest BCUT2D eigenvalue weighted by Gasteiger charge is -2.23. The average molecular weight is 705 g/mol. The molecule has 260 valence electrons. The van der Waals surface area contributed by atoms with Crippen molar-refractivity contribution in [1.29, 1.82) is 0 Å². The second-order valence-electron chi connectivity index (χ2n) is 11.4. The Labute approximate surface area is 278 Å². The van der Waals surface area contributed by atoms with Crippen LogP contribution in [0.25, 0.3) is 21.8 Å². The van der Waals surface area contributed by atoms with E-state index in [4.69, 9.17) is 18.9 Å². The molecule has 5 rings (SSSR count). The predicted molar refractivity (Wildman–Crippen MR) is 181 cm³/mol. The van der Waals surface area contributed by atoms with Crippen molar-refractivity contribution in [2.45, 2.75) is 13.1 Å². The second kappa shape index (κ2) is 17.3. The summed E-state index contributed by atoms with van der Waals surface area (Å²) in [6, 6.07) is 17.0. The molecule has 48 heavy (non-hydrogen) atoms. The smallest absolute Gasteiger partial charge is 0.358 e. The van der Waals surface area contributed by atoms with Crippen LogP contribution in [-0.4, -0.2) is 118 Å². The van der Waals surface area contributed by atoms with Crippen LogP contribution >= 0.6 is 15.2 Å².